The van der Waals surface area contributed by atoms with Crippen LogP contribution in [0.4, 0.5) is 5.69 Å². The van der Waals surface area contributed by atoms with E-state index in [9.17, 15) is 9.59 Å². The molecule has 5 rings (SSSR count). The average molecular weight is 526 g/mol. The Morgan fingerprint density at radius 2 is 1.61 bits per heavy atom. The molecule has 1 aliphatic heterocycles. The Bertz CT molecular complexity index is 1250. The summed E-state index contributed by atoms with van der Waals surface area (Å²) in [7, 11) is 0. The fraction of sp³-hybridized carbons (Fsp3) is 0.370. The summed E-state index contributed by atoms with van der Waals surface area (Å²) in [5.41, 5.74) is 4.41. The normalized spacial score (nSPS) is 15.8. The third kappa shape index (κ3) is 5.37. The summed E-state index contributed by atoms with van der Waals surface area (Å²) in [6, 6.07) is 15.2. The Morgan fingerprint density at radius 1 is 0.861 bits per heavy atom. The van der Waals surface area contributed by atoms with E-state index in [1.54, 1.807) is 4.90 Å². The molecule has 0 bridgehead atoms. The predicted molar refractivity (Wildman–Crippen MR) is 142 cm³/mol. The summed E-state index contributed by atoms with van der Waals surface area (Å²) in [4.78, 5) is 30.1. The fourth-order valence-corrected chi connectivity index (χ4v) is 5.30. The molecule has 188 valence electrons. The van der Waals surface area contributed by atoms with Gasteiger partial charge in [0.1, 0.15) is 0 Å². The summed E-state index contributed by atoms with van der Waals surface area (Å²) in [5.74, 6) is -0.385. The zero-order chi connectivity index (χ0) is 25.1. The molecule has 3 aromatic rings. The topological polar surface area (TPSA) is 70.5 Å². The van der Waals surface area contributed by atoms with Gasteiger partial charge in [-0.15, -0.1) is 0 Å². The Balaban J connectivity index is 1.24. The van der Waals surface area contributed by atoms with Crippen molar-refractivity contribution in [2.75, 3.05) is 37.6 Å². The summed E-state index contributed by atoms with van der Waals surface area (Å²) >= 11 is 12.2. The fourth-order valence-electron chi connectivity index (χ4n) is 4.99. The molecular formula is C27H29Cl2N5O2. The molecule has 0 unspecified atom stereocenters. The molecule has 2 heterocycles. The van der Waals surface area contributed by atoms with Crippen LogP contribution >= 0.6 is 23.2 Å². The Morgan fingerprint density at radius 3 is 2.36 bits per heavy atom. The van der Waals surface area contributed by atoms with Gasteiger partial charge in [-0.25, -0.2) is 4.68 Å². The van der Waals surface area contributed by atoms with Gasteiger partial charge in [0.05, 0.1) is 12.2 Å². The molecule has 0 radical (unpaired) electrons. The lowest BCUT2D eigenvalue weighted by Gasteiger charge is -2.36. The van der Waals surface area contributed by atoms with E-state index in [1.807, 2.05) is 53.2 Å². The van der Waals surface area contributed by atoms with Crippen molar-refractivity contribution in [1.82, 2.24) is 20.0 Å². The van der Waals surface area contributed by atoms with E-state index in [-0.39, 0.29) is 18.4 Å². The van der Waals surface area contributed by atoms with Crippen molar-refractivity contribution in [1.29, 1.82) is 0 Å². The molecule has 1 saturated heterocycles. The van der Waals surface area contributed by atoms with Crippen LogP contribution in [0.3, 0.4) is 0 Å². The second kappa shape index (κ2) is 10.9. The smallest absolute Gasteiger partial charge is 0.272 e. The molecule has 2 aromatic carbocycles. The first-order valence-corrected chi connectivity index (χ1v) is 13.2. The minimum absolute atomic E-state index is 0.0431. The number of piperazine rings is 1. The summed E-state index contributed by atoms with van der Waals surface area (Å²) in [6.07, 6.45) is 4.89. The number of halogens is 2. The van der Waals surface area contributed by atoms with Gasteiger partial charge in [0, 0.05) is 53.2 Å². The highest BCUT2D eigenvalue weighted by Crippen LogP contribution is 2.27. The van der Waals surface area contributed by atoms with E-state index >= 15 is 0 Å². The standard InChI is InChI=1S/C27H29Cl2N5O2/c28-19-9-11-21(12-10-19)34-24-8-3-1-2-7-23(24)26(31-34)27(36)30-18-25(35)33-15-13-32(14-16-33)22-6-4-5-20(29)17-22/h4-6,9-12,17H,1-3,7-8,13-16,18H2,(H,30,36). The van der Waals surface area contributed by atoms with Crippen LogP contribution in [0.2, 0.25) is 10.0 Å². The van der Waals surface area contributed by atoms with Gasteiger partial charge >= 0.3 is 0 Å². The lowest BCUT2D eigenvalue weighted by atomic mass is 10.1. The van der Waals surface area contributed by atoms with E-state index in [2.05, 4.69) is 10.2 Å². The molecule has 1 fully saturated rings. The van der Waals surface area contributed by atoms with Crippen molar-refractivity contribution in [2.24, 2.45) is 0 Å². The third-order valence-corrected chi connectivity index (χ3v) is 7.41. The molecule has 7 nitrogen and oxygen atoms in total. The number of hydrogen-bond acceptors (Lipinski definition) is 4. The number of fused-ring (bicyclic) bond motifs is 1. The summed E-state index contributed by atoms with van der Waals surface area (Å²) in [5, 5.41) is 8.88. The summed E-state index contributed by atoms with van der Waals surface area (Å²) in [6.45, 7) is 2.60. The summed E-state index contributed by atoms with van der Waals surface area (Å²) < 4.78 is 1.86. The van der Waals surface area contributed by atoms with Gasteiger partial charge in [0.15, 0.2) is 5.69 Å². The van der Waals surface area contributed by atoms with Crippen molar-refractivity contribution in [3.63, 3.8) is 0 Å². The maximum atomic E-state index is 13.2. The highest BCUT2D eigenvalue weighted by Gasteiger charge is 2.26. The van der Waals surface area contributed by atoms with Gasteiger partial charge in [0.25, 0.3) is 5.91 Å². The van der Waals surface area contributed by atoms with Crippen LogP contribution in [0.15, 0.2) is 48.5 Å². The maximum Gasteiger partial charge on any atom is 0.272 e. The number of nitrogens with zero attached hydrogens (tertiary/aromatic N) is 4. The number of amides is 2. The quantitative estimate of drug-likeness (QED) is 0.497. The number of hydrogen-bond donors (Lipinski definition) is 1. The second-order valence-electron chi connectivity index (χ2n) is 9.25. The van der Waals surface area contributed by atoms with Crippen molar-refractivity contribution < 1.29 is 9.59 Å². The lowest BCUT2D eigenvalue weighted by molar-refractivity contribution is -0.130. The van der Waals surface area contributed by atoms with Gasteiger partial charge in [-0.05, 0) is 68.1 Å². The third-order valence-electron chi connectivity index (χ3n) is 6.92. The van der Waals surface area contributed by atoms with E-state index in [0.29, 0.717) is 28.8 Å². The van der Waals surface area contributed by atoms with Gasteiger partial charge < -0.3 is 15.1 Å². The zero-order valence-corrected chi connectivity index (χ0v) is 21.6. The number of anilines is 1. The molecule has 0 saturated carbocycles. The molecule has 2 aliphatic rings. The second-order valence-corrected chi connectivity index (χ2v) is 10.1. The lowest BCUT2D eigenvalue weighted by Crippen LogP contribution is -2.51. The number of benzene rings is 2. The molecule has 9 heteroatoms. The number of carbonyl (C=O) groups excluding carboxylic acids is 2. The molecule has 1 aromatic heterocycles. The van der Waals surface area contributed by atoms with Crippen LogP contribution in [-0.2, 0) is 17.6 Å². The molecule has 36 heavy (non-hydrogen) atoms. The van der Waals surface area contributed by atoms with Crippen molar-refractivity contribution in [3.8, 4) is 5.69 Å². The van der Waals surface area contributed by atoms with Crippen molar-refractivity contribution in [2.45, 2.75) is 32.1 Å². The minimum Gasteiger partial charge on any atom is -0.368 e. The monoisotopic (exact) mass is 525 g/mol. The molecule has 1 N–H and O–H groups in total. The Kier molecular flexibility index (Phi) is 7.48. The van der Waals surface area contributed by atoms with Crippen molar-refractivity contribution >= 4 is 40.7 Å². The molecular weight excluding hydrogens is 497 g/mol. The van der Waals surface area contributed by atoms with E-state index in [0.717, 1.165) is 67.8 Å². The maximum absolute atomic E-state index is 13.2. The molecule has 0 spiro atoms. The van der Waals surface area contributed by atoms with Gasteiger partial charge in [0.2, 0.25) is 5.91 Å². The first kappa shape index (κ1) is 24.7. The largest absolute Gasteiger partial charge is 0.368 e. The van der Waals surface area contributed by atoms with E-state index < -0.39 is 0 Å². The molecule has 2 amide bonds. The van der Waals surface area contributed by atoms with Gasteiger partial charge in [-0.3, -0.25) is 9.59 Å². The number of aromatic nitrogens is 2. The zero-order valence-electron chi connectivity index (χ0n) is 20.1. The van der Waals surface area contributed by atoms with Crippen LogP contribution in [0, 0.1) is 0 Å². The minimum atomic E-state index is -0.299. The van der Waals surface area contributed by atoms with Gasteiger partial charge in [-0.1, -0.05) is 35.7 Å². The van der Waals surface area contributed by atoms with Crippen molar-refractivity contribution in [3.05, 3.63) is 75.5 Å². The van der Waals surface area contributed by atoms with Crippen LogP contribution in [0.1, 0.15) is 41.0 Å². The Labute approximate surface area is 221 Å². The van der Waals surface area contributed by atoms with Crippen LogP contribution in [0.25, 0.3) is 5.69 Å². The van der Waals surface area contributed by atoms with E-state index in [4.69, 9.17) is 28.3 Å². The highest BCUT2D eigenvalue weighted by molar-refractivity contribution is 6.31. The Hall–Kier alpha value is -3.03. The van der Waals surface area contributed by atoms with E-state index in [1.165, 1.54) is 0 Å². The number of nitrogens with one attached hydrogen (secondary N) is 1. The first-order chi connectivity index (χ1) is 17.5. The average Bonchev–Trinajstić information content (AvgIpc) is 3.08. The molecule has 1 aliphatic carbocycles. The van der Waals surface area contributed by atoms with Crippen LogP contribution < -0.4 is 10.2 Å². The highest BCUT2D eigenvalue weighted by atomic mass is 35.5. The predicted octanol–water partition coefficient (Wildman–Crippen LogP) is 4.53. The SMILES string of the molecule is O=C(NCC(=O)N1CCN(c2cccc(Cl)c2)CC1)c1nn(-c2ccc(Cl)cc2)c2c1CCCCC2. The number of rotatable bonds is 5. The van der Waals surface area contributed by atoms with Crippen LogP contribution in [-0.4, -0.2) is 59.2 Å². The molecule has 0 atom stereocenters. The van der Waals surface area contributed by atoms with Crippen LogP contribution in [0.5, 0.6) is 0 Å². The van der Waals surface area contributed by atoms with Gasteiger partial charge in [-0.2, -0.15) is 5.10 Å². The first-order valence-electron chi connectivity index (χ1n) is 12.4. The number of carbonyl (C=O) groups is 2.